The molecule has 0 saturated carbocycles. The second-order valence-electron chi connectivity index (χ2n) is 8.84. The molecule has 40 heavy (non-hydrogen) atoms. The van der Waals surface area contributed by atoms with Gasteiger partial charge in [-0.15, -0.1) is 0 Å². The molecule has 212 valence electrons. The van der Waals surface area contributed by atoms with Gasteiger partial charge in [0.2, 0.25) is 0 Å². The molecule has 3 N–H and O–H groups in total. The van der Waals surface area contributed by atoms with E-state index in [1.165, 1.54) is 0 Å². The minimum Gasteiger partial charge on any atom is -0.409 e. The van der Waals surface area contributed by atoms with Crippen molar-refractivity contribution in [3.05, 3.63) is 89.5 Å². The molecule has 3 amide bonds. The maximum atomic E-state index is 12.2. The lowest BCUT2D eigenvalue weighted by atomic mass is 10.2. The maximum absolute atomic E-state index is 12.2. The summed E-state index contributed by atoms with van der Waals surface area (Å²) in [7, 11) is -1.99. The Morgan fingerprint density at radius 1 is 0.500 bits per heavy atom. The number of rotatable bonds is 15. The summed E-state index contributed by atoms with van der Waals surface area (Å²) >= 11 is 0. The van der Waals surface area contributed by atoms with Crippen molar-refractivity contribution >= 4 is 26.3 Å². The first-order chi connectivity index (χ1) is 19.4. The third-order valence-electron chi connectivity index (χ3n) is 5.50. The molecule has 0 heterocycles. The van der Waals surface area contributed by atoms with Crippen molar-refractivity contribution in [2.75, 3.05) is 19.6 Å². The average Bonchev–Trinajstić information content (AvgIpc) is 2.98. The molecule has 0 radical (unpaired) electrons. The first kappa shape index (κ1) is 30.4. The minimum atomic E-state index is -1.99. The third kappa shape index (κ3) is 9.58. The standard InChI is InChI=1S/C30H36N3O6P/c1-4-19-31-28(34)22-7-13-25(14-8-22)37-40(38-26-15-9-23(10-16-26)29(35)32-20-5-2)39-27-17-11-24(12-18-27)30(36)33-21-6-3/h7-18H,4-6,19-21H2,1-3H3,(H,31,34)(H,32,35)(H,33,36). The van der Waals surface area contributed by atoms with Crippen molar-refractivity contribution in [2.24, 2.45) is 0 Å². The van der Waals surface area contributed by atoms with E-state index in [-0.39, 0.29) is 17.7 Å². The van der Waals surface area contributed by atoms with Crippen LogP contribution in [0.2, 0.25) is 0 Å². The van der Waals surface area contributed by atoms with E-state index in [1.54, 1.807) is 72.8 Å². The Bertz CT molecular complexity index is 1080. The number of benzene rings is 3. The molecule has 0 atom stereocenters. The fourth-order valence-corrected chi connectivity index (χ4v) is 4.33. The molecule has 0 aliphatic carbocycles. The van der Waals surface area contributed by atoms with E-state index in [9.17, 15) is 14.4 Å². The van der Waals surface area contributed by atoms with Crippen LogP contribution in [0.3, 0.4) is 0 Å². The van der Waals surface area contributed by atoms with E-state index in [0.717, 1.165) is 19.3 Å². The number of carbonyl (C=O) groups excluding carboxylic acids is 3. The molecular formula is C30H36N3O6P. The number of carbonyl (C=O) groups is 3. The van der Waals surface area contributed by atoms with Crippen LogP contribution in [-0.4, -0.2) is 37.4 Å². The van der Waals surface area contributed by atoms with Gasteiger partial charge in [-0.3, -0.25) is 14.4 Å². The summed E-state index contributed by atoms with van der Waals surface area (Å²) in [4.78, 5) is 36.7. The Balaban J connectivity index is 1.74. The van der Waals surface area contributed by atoms with E-state index in [2.05, 4.69) is 16.0 Å². The number of hydrogen-bond acceptors (Lipinski definition) is 6. The van der Waals surface area contributed by atoms with Crippen molar-refractivity contribution < 1.29 is 28.0 Å². The summed E-state index contributed by atoms with van der Waals surface area (Å²) in [5.41, 5.74) is 1.54. The molecule has 0 aliphatic rings. The molecule has 10 heteroatoms. The summed E-state index contributed by atoms with van der Waals surface area (Å²) in [5, 5.41) is 8.52. The van der Waals surface area contributed by atoms with Crippen LogP contribution in [0.15, 0.2) is 72.8 Å². The van der Waals surface area contributed by atoms with E-state index < -0.39 is 8.60 Å². The molecule has 0 aliphatic heterocycles. The molecule has 0 unspecified atom stereocenters. The summed E-state index contributed by atoms with van der Waals surface area (Å²) in [6.45, 7) is 7.77. The Hall–Kier alpha value is -4.10. The normalized spacial score (nSPS) is 10.5. The largest absolute Gasteiger partial charge is 0.530 e. The van der Waals surface area contributed by atoms with Crippen LogP contribution in [-0.2, 0) is 0 Å². The molecule has 0 bridgehead atoms. The summed E-state index contributed by atoms with van der Waals surface area (Å²) < 4.78 is 18.1. The van der Waals surface area contributed by atoms with E-state index in [0.29, 0.717) is 53.6 Å². The smallest absolute Gasteiger partial charge is 0.409 e. The van der Waals surface area contributed by atoms with Gasteiger partial charge in [-0.1, -0.05) is 20.8 Å². The quantitative estimate of drug-likeness (QED) is 0.199. The molecule has 3 rings (SSSR count). The highest BCUT2D eigenvalue weighted by atomic mass is 31.2. The fraction of sp³-hybridized carbons (Fsp3) is 0.300. The Labute approximate surface area is 236 Å². The maximum Gasteiger partial charge on any atom is 0.530 e. The predicted octanol–water partition coefficient (Wildman–Crippen LogP) is 5.87. The molecule has 3 aromatic rings. The average molecular weight is 566 g/mol. The van der Waals surface area contributed by atoms with E-state index >= 15 is 0 Å². The van der Waals surface area contributed by atoms with Crippen molar-refractivity contribution in [3.63, 3.8) is 0 Å². The van der Waals surface area contributed by atoms with Gasteiger partial charge in [-0.25, -0.2) is 0 Å². The first-order valence-electron chi connectivity index (χ1n) is 13.4. The molecule has 0 aromatic heterocycles. The summed E-state index contributed by atoms with van der Waals surface area (Å²) in [5.74, 6) is 0.871. The Kier molecular flexibility index (Phi) is 12.3. The van der Waals surface area contributed by atoms with Crippen molar-refractivity contribution in [3.8, 4) is 17.2 Å². The molecule has 0 saturated heterocycles. The number of nitrogens with one attached hydrogen (secondary N) is 3. The zero-order valence-corrected chi connectivity index (χ0v) is 24.0. The van der Waals surface area contributed by atoms with Crippen LogP contribution in [0.4, 0.5) is 0 Å². The molecule has 9 nitrogen and oxygen atoms in total. The second-order valence-corrected chi connectivity index (χ2v) is 9.83. The zero-order chi connectivity index (χ0) is 28.7. The summed E-state index contributed by atoms with van der Waals surface area (Å²) in [6, 6.07) is 20.0. The fourth-order valence-electron chi connectivity index (χ4n) is 3.34. The number of hydrogen-bond donors (Lipinski definition) is 3. The first-order valence-corrected chi connectivity index (χ1v) is 14.5. The Morgan fingerprint density at radius 3 is 0.975 bits per heavy atom. The van der Waals surface area contributed by atoms with Crippen LogP contribution in [0.5, 0.6) is 17.2 Å². The van der Waals surface area contributed by atoms with Crippen LogP contribution < -0.4 is 29.5 Å². The van der Waals surface area contributed by atoms with Gasteiger partial charge in [0, 0.05) is 36.3 Å². The topological polar surface area (TPSA) is 115 Å². The minimum absolute atomic E-state index is 0.158. The molecule has 3 aromatic carbocycles. The van der Waals surface area contributed by atoms with Crippen LogP contribution in [0.1, 0.15) is 71.1 Å². The van der Waals surface area contributed by atoms with Gasteiger partial charge < -0.3 is 29.5 Å². The zero-order valence-electron chi connectivity index (χ0n) is 23.1. The Morgan fingerprint density at radius 2 is 0.750 bits per heavy atom. The highest BCUT2D eigenvalue weighted by Crippen LogP contribution is 2.42. The number of amides is 3. The predicted molar refractivity (Wildman–Crippen MR) is 156 cm³/mol. The van der Waals surface area contributed by atoms with Crippen molar-refractivity contribution in [1.82, 2.24) is 16.0 Å². The monoisotopic (exact) mass is 565 g/mol. The van der Waals surface area contributed by atoms with Gasteiger partial charge in [0.25, 0.3) is 17.7 Å². The van der Waals surface area contributed by atoms with Crippen molar-refractivity contribution in [1.29, 1.82) is 0 Å². The van der Waals surface area contributed by atoms with Crippen LogP contribution >= 0.6 is 8.60 Å². The highest BCUT2D eigenvalue weighted by molar-refractivity contribution is 7.43. The molecule has 0 spiro atoms. The molecule has 0 fully saturated rings. The lowest BCUT2D eigenvalue weighted by molar-refractivity contribution is 0.0945. The van der Waals surface area contributed by atoms with Gasteiger partial charge >= 0.3 is 8.60 Å². The van der Waals surface area contributed by atoms with Gasteiger partial charge in [0.1, 0.15) is 17.2 Å². The highest BCUT2D eigenvalue weighted by Gasteiger charge is 2.21. The third-order valence-corrected chi connectivity index (χ3v) is 6.58. The molecular weight excluding hydrogens is 529 g/mol. The van der Waals surface area contributed by atoms with E-state index in [1.807, 2.05) is 20.8 Å². The second kappa shape index (κ2) is 16.1. The van der Waals surface area contributed by atoms with Crippen LogP contribution in [0, 0.1) is 0 Å². The van der Waals surface area contributed by atoms with Gasteiger partial charge in [0.05, 0.1) is 0 Å². The lowest BCUT2D eigenvalue weighted by Gasteiger charge is -2.18. The van der Waals surface area contributed by atoms with Crippen LogP contribution in [0.25, 0.3) is 0 Å². The SMILES string of the molecule is CCCNC(=O)c1ccc(OP(Oc2ccc(C(=O)NCCC)cc2)Oc2ccc(C(=O)NCCC)cc2)cc1. The van der Waals surface area contributed by atoms with Gasteiger partial charge in [-0.2, -0.15) is 0 Å². The summed E-state index contributed by atoms with van der Waals surface area (Å²) in [6.07, 6.45) is 2.54. The van der Waals surface area contributed by atoms with Gasteiger partial charge in [0.15, 0.2) is 0 Å². The van der Waals surface area contributed by atoms with Crippen molar-refractivity contribution in [2.45, 2.75) is 40.0 Å². The van der Waals surface area contributed by atoms with E-state index in [4.69, 9.17) is 13.6 Å². The lowest BCUT2D eigenvalue weighted by Crippen LogP contribution is -2.23. The van der Waals surface area contributed by atoms with Gasteiger partial charge in [-0.05, 0) is 92.1 Å².